The summed E-state index contributed by atoms with van der Waals surface area (Å²) >= 11 is 0. The van der Waals surface area contributed by atoms with Crippen LogP contribution in [0.1, 0.15) is 19.8 Å². The van der Waals surface area contributed by atoms with Crippen LogP contribution in [0.4, 0.5) is 5.95 Å². The molecule has 0 atom stereocenters. The van der Waals surface area contributed by atoms with Gasteiger partial charge in [-0.05, 0) is 32.2 Å². The molecule has 0 spiro atoms. The number of aryl methyl sites for hydroxylation is 1. The number of anilines is 1. The highest BCUT2D eigenvalue weighted by molar-refractivity contribution is 5.31. The summed E-state index contributed by atoms with van der Waals surface area (Å²) in [5.41, 5.74) is 0. The Labute approximate surface area is 116 Å². The molecule has 1 aliphatic heterocycles. The van der Waals surface area contributed by atoms with Gasteiger partial charge in [0, 0.05) is 45.7 Å². The highest BCUT2D eigenvalue weighted by Gasteiger charge is 2.21. The Morgan fingerprint density at radius 3 is 2.89 bits per heavy atom. The van der Waals surface area contributed by atoms with Crippen LogP contribution in [0.2, 0.25) is 0 Å². The van der Waals surface area contributed by atoms with Crippen molar-refractivity contribution in [1.82, 2.24) is 14.9 Å². The second-order valence-electron chi connectivity index (χ2n) is 5.14. The van der Waals surface area contributed by atoms with Crippen molar-refractivity contribution >= 4 is 5.95 Å². The fraction of sp³-hybridized carbons (Fsp3) is 0.786. The zero-order valence-electron chi connectivity index (χ0n) is 12.1. The number of nitrogens with one attached hydrogen (secondary N) is 1. The van der Waals surface area contributed by atoms with Gasteiger partial charge in [0.2, 0.25) is 5.95 Å². The molecule has 0 aliphatic carbocycles. The van der Waals surface area contributed by atoms with Gasteiger partial charge in [0.1, 0.15) is 0 Å². The van der Waals surface area contributed by atoms with E-state index in [2.05, 4.69) is 32.9 Å². The lowest BCUT2D eigenvalue weighted by Gasteiger charge is -2.33. The summed E-state index contributed by atoms with van der Waals surface area (Å²) in [6.45, 7) is 8.26. The summed E-state index contributed by atoms with van der Waals surface area (Å²) in [5, 5.41) is 3.46. The van der Waals surface area contributed by atoms with Crippen molar-refractivity contribution in [3.63, 3.8) is 0 Å². The molecule has 108 valence electrons. The molecule has 2 heterocycles. The maximum atomic E-state index is 5.04. The van der Waals surface area contributed by atoms with Crippen LogP contribution >= 0.6 is 0 Å². The normalized spacial score (nSPS) is 17.1. The third kappa shape index (κ3) is 3.94. The van der Waals surface area contributed by atoms with Gasteiger partial charge in [0.25, 0.3) is 0 Å². The predicted molar refractivity (Wildman–Crippen MR) is 77.6 cm³/mol. The van der Waals surface area contributed by atoms with E-state index in [0.29, 0.717) is 0 Å². The van der Waals surface area contributed by atoms with Gasteiger partial charge in [-0.1, -0.05) is 0 Å². The molecule has 1 aromatic rings. The molecule has 0 unspecified atom stereocenters. The number of rotatable bonds is 7. The number of hydrogen-bond acceptors (Lipinski definition) is 4. The standard InChI is InChI=1S/C14H26N4O/c1-3-17-10-6-16-14(17)18-8-4-13(5-9-18)12-15-7-11-19-2/h6,10,13,15H,3-5,7-9,11-12H2,1-2H3. The van der Waals surface area contributed by atoms with Gasteiger partial charge < -0.3 is 19.5 Å². The first kappa shape index (κ1) is 14.3. The number of piperidine rings is 1. The summed E-state index contributed by atoms with van der Waals surface area (Å²) < 4.78 is 7.26. The molecular weight excluding hydrogens is 240 g/mol. The van der Waals surface area contributed by atoms with E-state index in [1.54, 1.807) is 7.11 Å². The predicted octanol–water partition coefficient (Wildman–Crippen LogP) is 1.36. The highest BCUT2D eigenvalue weighted by atomic mass is 16.5. The van der Waals surface area contributed by atoms with E-state index >= 15 is 0 Å². The van der Waals surface area contributed by atoms with E-state index in [4.69, 9.17) is 4.74 Å². The molecule has 0 saturated carbocycles. The second kappa shape index (κ2) is 7.50. The number of methoxy groups -OCH3 is 1. The number of nitrogens with zero attached hydrogens (tertiary/aromatic N) is 3. The molecule has 5 nitrogen and oxygen atoms in total. The van der Waals surface area contributed by atoms with E-state index in [-0.39, 0.29) is 0 Å². The lowest BCUT2D eigenvalue weighted by molar-refractivity contribution is 0.196. The van der Waals surface area contributed by atoms with Crippen LogP contribution in [-0.4, -0.2) is 49.4 Å². The van der Waals surface area contributed by atoms with Gasteiger partial charge >= 0.3 is 0 Å². The molecule has 0 bridgehead atoms. The Bertz CT molecular complexity index is 358. The minimum absolute atomic E-state index is 0.790. The van der Waals surface area contributed by atoms with E-state index in [0.717, 1.165) is 51.2 Å². The van der Waals surface area contributed by atoms with Crippen molar-refractivity contribution in [3.05, 3.63) is 12.4 Å². The summed E-state index contributed by atoms with van der Waals surface area (Å²) in [4.78, 5) is 6.89. The first-order chi connectivity index (χ1) is 9.35. The van der Waals surface area contributed by atoms with Crippen molar-refractivity contribution < 1.29 is 4.74 Å². The fourth-order valence-corrected chi connectivity index (χ4v) is 2.65. The first-order valence-electron chi connectivity index (χ1n) is 7.31. The molecule has 1 N–H and O–H groups in total. The lowest BCUT2D eigenvalue weighted by atomic mass is 9.97. The molecule has 2 rings (SSSR count). The third-order valence-electron chi connectivity index (χ3n) is 3.85. The Hall–Kier alpha value is -1.07. The van der Waals surface area contributed by atoms with Crippen LogP contribution in [0, 0.1) is 5.92 Å². The van der Waals surface area contributed by atoms with Gasteiger partial charge in [0.05, 0.1) is 6.61 Å². The topological polar surface area (TPSA) is 42.3 Å². The van der Waals surface area contributed by atoms with Crippen molar-refractivity contribution in [2.24, 2.45) is 5.92 Å². The summed E-state index contributed by atoms with van der Waals surface area (Å²) in [6, 6.07) is 0. The fourth-order valence-electron chi connectivity index (χ4n) is 2.65. The molecule has 1 fully saturated rings. The molecule has 19 heavy (non-hydrogen) atoms. The maximum absolute atomic E-state index is 5.04. The molecule has 0 aromatic carbocycles. The van der Waals surface area contributed by atoms with Gasteiger partial charge in [-0.15, -0.1) is 0 Å². The van der Waals surface area contributed by atoms with Gasteiger partial charge in [-0.3, -0.25) is 0 Å². The number of hydrogen-bond donors (Lipinski definition) is 1. The van der Waals surface area contributed by atoms with Gasteiger partial charge in [-0.25, -0.2) is 4.98 Å². The van der Waals surface area contributed by atoms with E-state index < -0.39 is 0 Å². The zero-order valence-corrected chi connectivity index (χ0v) is 12.1. The summed E-state index contributed by atoms with van der Waals surface area (Å²) in [7, 11) is 1.75. The quantitative estimate of drug-likeness (QED) is 0.757. The molecule has 0 radical (unpaired) electrons. The summed E-state index contributed by atoms with van der Waals surface area (Å²) in [6.07, 6.45) is 6.46. The van der Waals surface area contributed by atoms with Crippen LogP contribution < -0.4 is 10.2 Å². The van der Waals surface area contributed by atoms with Crippen LogP contribution in [0.25, 0.3) is 0 Å². The highest BCUT2D eigenvalue weighted by Crippen LogP contribution is 2.21. The maximum Gasteiger partial charge on any atom is 0.205 e. The van der Waals surface area contributed by atoms with Crippen LogP contribution in [-0.2, 0) is 11.3 Å². The number of aromatic nitrogens is 2. The van der Waals surface area contributed by atoms with Crippen LogP contribution in [0.3, 0.4) is 0 Å². The Balaban J connectivity index is 1.73. The Morgan fingerprint density at radius 2 is 2.21 bits per heavy atom. The van der Waals surface area contributed by atoms with Crippen molar-refractivity contribution in [2.45, 2.75) is 26.3 Å². The molecule has 5 heteroatoms. The minimum atomic E-state index is 0.790. The van der Waals surface area contributed by atoms with Crippen molar-refractivity contribution in [2.75, 3.05) is 44.8 Å². The van der Waals surface area contributed by atoms with Gasteiger partial charge in [-0.2, -0.15) is 0 Å². The summed E-state index contributed by atoms with van der Waals surface area (Å²) in [5.74, 6) is 1.92. The Kier molecular flexibility index (Phi) is 5.66. The number of imidazole rings is 1. The monoisotopic (exact) mass is 266 g/mol. The van der Waals surface area contributed by atoms with Crippen LogP contribution in [0.5, 0.6) is 0 Å². The molecule has 0 amide bonds. The van der Waals surface area contributed by atoms with Gasteiger partial charge in [0.15, 0.2) is 0 Å². The smallest absolute Gasteiger partial charge is 0.205 e. The molecule has 1 saturated heterocycles. The third-order valence-corrected chi connectivity index (χ3v) is 3.85. The average Bonchev–Trinajstić information content (AvgIpc) is 2.93. The van der Waals surface area contributed by atoms with E-state index in [9.17, 15) is 0 Å². The number of ether oxygens (including phenoxy) is 1. The van der Waals surface area contributed by atoms with E-state index in [1.165, 1.54) is 12.8 Å². The Morgan fingerprint density at radius 1 is 1.42 bits per heavy atom. The molecule has 1 aromatic heterocycles. The SMILES string of the molecule is CCn1ccnc1N1CCC(CNCCOC)CC1. The lowest BCUT2D eigenvalue weighted by Crippen LogP contribution is -2.39. The zero-order chi connectivity index (χ0) is 13.5. The average molecular weight is 266 g/mol. The van der Waals surface area contributed by atoms with Crippen molar-refractivity contribution in [3.8, 4) is 0 Å². The first-order valence-corrected chi connectivity index (χ1v) is 7.31. The van der Waals surface area contributed by atoms with E-state index in [1.807, 2.05) is 6.20 Å². The van der Waals surface area contributed by atoms with Crippen molar-refractivity contribution in [1.29, 1.82) is 0 Å². The molecule has 1 aliphatic rings. The second-order valence-corrected chi connectivity index (χ2v) is 5.14. The minimum Gasteiger partial charge on any atom is -0.383 e. The molecular formula is C14H26N4O. The largest absolute Gasteiger partial charge is 0.383 e. The van der Waals surface area contributed by atoms with Crippen LogP contribution in [0.15, 0.2) is 12.4 Å².